The van der Waals surface area contributed by atoms with Gasteiger partial charge in [-0.05, 0) is 42.9 Å². The van der Waals surface area contributed by atoms with Crippen molar-refractivity contribution in [3.63, 3.8) is 0 Å². The van der Waals surface area contributed by atoms with Crippen molar-refractivity contribution >= 4 is 11.8 Å². The molecule has 0 bridgehead atoms. The molecule has 1 amide bonds. The van der Waals surface area contributed by atoms with Crippen LogP contribution in [0.25, 0.3) is 0 Å². The SMILES string of the molecule is O=C1OC[C@@H]2CCN(CC3CCCCC3)Cc3ccc(F)cc3N12. The second kappa shape index (κ2) is 6.71. The van der Waals surface area contributed by atoms with Gasteiger partial charge in [0.05, 0.1) is 11.7 Å². The maximum Gasteiger partial charge on any atom is 0.414 e. The lowest BCUT2D eigenvalue weighted by molar-refractivity contribution is 0.173. The van der Waals surface area contributed by atoms with Gasteiger partial charge < -0.3 is 4.74 Å². The van der Waals surface area contributed by atoms with Gasteiger partial charge >= 0.3 is 6.09 Å². The molecule has 1 aliphatic carbocycles. The van der Waals surface area contributed by atoms with Gasteiger partial charge in [0.2, 0.25) is 0 Å². The summed E-state index contributed by atoms with van der Waals surface area (Å²) in [6.45, 7) is 3.26. The van der Waals surface area contributed by atoms with E-state index in [4.69, 9.17) is 4.74 Å². The summed E-state index contributed by atoms with van der Waals surface area (Å²) < 4.78 is 19.0. The zero-order valence-corrected chi connectivity index (χ0v) is 14.0. The maximum absolute atomic E-state index is 13.8. The number of anilines is 1. The highest BCUT2D eigenvalue weighted by atomic mass is 19.1. The summed E-state index contributed by atoms with van der Waals surface area (Å²) >= 11 is 0. The Hall–Kier alpha value is -1.62. The zero-order chi connectivity index (χ0) is 16.5. The normalized spacial score (nSPS) is 25.6. The van der Waals surface area contributed by atoms with Gasteiger partial charge in [-0.25, -0.2) is 9.18 Å². The first-order valence-corrected chi connectivity index (χ1v) is 9.17. The minimum atomic E-state index is -0.340. The molecule has 0 radical (unpaired) electrons. The van der Waals surface area contributed by atoms with Crippen molar-refractivity contribution in [2.75, 3.05) is 24.6 Å². The van der Waals surface area contributed by atoms with Gasteiger partial charge in [0.25, 0.3) is 0 Å². The van der Waals surface area contributed by atoms with Crippen LogP contribution in [0.4, 0.5) is 14.9 Å². The average Bonchev–Trinajstić information content (AvgIpc) is 2.94. The predicted octanol–water partition coefficient (Wildman–Crippen LogP) is 3.94. The highest BCUT2D eigenvalue weighted by molar-refractivity contribution is 5.91. The van der Waals surface area contributed by atoms with Gasteiger partial charge in [0.1, 0.15) is 12.4 Å². The van der Waals surface area contributed by atoms with E-state index in [9.17, 15) is 9.18 Å². The minimum Gasteiger partial charge on any atom is -0.447 e. The van der Waals surface area contributed by atoms with Gasteiger partial charge in [-0.1, -0.05) is 25.3 Å². The van der Waals surface area contributed by atoms with E-state index in [1.165, 1.54) is 44.2 Å². The molecule has 1 aromatic carbocycles. The average molecular weight is 332 g/mol. The Balaban J connectivity index is 1.59. The molecular weight excluding hydrogens is 307 g/mol. The molecule has 1 aromatic rings. The number of halogens is 1. The number of cyclic esters (lactones) is 1. The molecule has 0 spiro atoms. The van der Waals surface area contributed by atoms with Crippen molar-refractivity contribution in [1.29, 1.82) is 0 Å². The fourth-order valence-electron chi connectivity index (χ4n) is 4.41. The molecule has 1 atom stereocenters. The van der Waals surface area contributed by atoms with Crippen LogP contribution in [0.15, 0.2) is 18.2 Å². The number of hydrogen-bond acceptors (Lipinski definition) is 3. The van der Waals surface area contributed by atoms with Crippen LogP contribution in [0.1, 0.15) is 44.1 Å². The fourth-order valence-corrected chi connectivity index (χ4v) is 4.41. The quantitative estimate of drug-likeness (QED) is 0.822. The lowest BCUT2D eigenvalue weighted by atomic mass is 9.88. The summed E-state index contributed by atoms with van der Waals surface area (Å²) in [6.07, 6.45) is 7.25. The van der Waals surface area contributed by atoms with E-state index in [-0.39, 0.29) is 18.0 Å². The number of amides is 1. The number of fused-ring (bicyclic) bond motifs is 3. The van der Waals surface area contributed by atoms with E-state index in [1.54, 1.807) is 4.90 Å². The van der Waals surface area contributed by atoms with Crippen molar-refractivity contribution in [2.24, 2.45) is 5.92 Å². The summed E-state index contributed by atoms with van der Waals surface area (Å²) in [5, 5.41) is 0. The number of benzene rings is 1. The molecule has 130 valence electrons. The van der Waals surface area contributed by atoms with Crippen LogP contribution in [-0.2, 0) is 11.3 Å². The molecular formula is C19H25FN2O2. The monoisotopic (exact) mass is 332 g/mol. The van der Waals surface area contributed by atoms with E-state index in [0.29, 0.717) is 12.3 Å². The van der Waals surface area contributed by atoms with Gasteiger partial charge in [-0.3, -0.25) is 9.80 Å². The largest absolute Gasteiger partial charge is 0.447 e. The topological polar surface area (TPSA) is 32.8 Å². The van der Waals surface area contributed by atoms with Gasteiger partial charge in [-0.15, -0.1) is 0 Å². The van der Waals surface area contributed by atoms with Gasteiger partial charge in [0, 0.05) is 19.6 Å². The summed E-state index contributed by atoms with van der Waals surface area (Å²) in [5.74, 6) is 0.478. The Bertz CT molecular complexity index is 615. The lowest BCUT2D eigenvalue weighted by Gasteiger charge is -2.35. The first-order valence-electron chi connectivity index (χ1n) is 9.17. The Morgan fingerprint density at radius 3 is 2.83 bits per heavy atom. The van der Waals surface area contributed by atoms with E-state index in [1.807, 2.05) is 6.07 Å². The standard InChI is InChI=1S/C19H25FN2O2/c20-16-7-6-15-12-21(11-14-4-2-1-3-5-14)9-8-17-13-24-19(23)22(17)18(15)10-16/h6-7,10,14,17H,1-5,8-9,11-13H2/t17-/m0/s1. The Labute approximate surface area is 142 Å². The van der Waals surface area contributed by atoms with E-state index < -0.39 is 0 Å². The number of nitrogens with zero attached hydrogens (tertiary/aromatic N) is 2. The van der Waals surface area contributed by atoms with Crippen molar-refractivity contribution in [2.45, 2.75) is 51.1 Å². The van der Waals surface area contributed by atoms with E-state index >= 15 is 0 Å². The third-order valence-electron chi connectivity index (χ3n) is 5.68. The van der Waals surface area contributed by atoms with E-state index in [2.05, 4.69) is 4.90 Å². The van der Waals surface area contributed by atoms with Crippen LogP contribution in [0.3, 0.4) is 0 Å². The first kappa shape index (κ1) is 15.9. The smallest absolute Gasteiger partial charge is 0.414 e. The van der Waals surface area contributed by atoms with Crippen LogP contribution >= 0.6 is 0 Å². The zero-order valence-electron chi connectivity index (χ0n) is 14.0. The third-order valence-corrected chi connectivity index (χ3v) is 5.68. The maximum atomic E-state index is 13.8. The summed E-state index contributed by atoms with van der Waals surface area (Å²) in [7, 11) is 0. The summed E-state index contributed by atoms with van der Waals surface area (Å²) in [6, 6.07) is 4.83. The molecule has 0 N–H and O–H groups in total. The molecule has 2 fully saturated rings. The molecule has 24 heavy (non-hydrogen) atoms. The molecule has 4 rings (SSSR count). The summed E-state index contributed by atoms with van der Waals surface area (Å²) in [4.78, 5) is 16.3. The van der Waals surface area contributed by atoms with Crippen LogP contribution in [-0.4, -0.2) is 36.7 Å². The predicted molar refractivity (Wildman–Crippen MR) is 90.5 cm³/mol. The number of ether oxygens (including phenoxy) is 1. The van der Waals surface area contributed by atoms with Crippen LogP contribution in [0.2, 0.25) is 0 Å². The van der Waals surface area contributed by atoms with Crippen molar-refractivity contribution in [1.82, 2.24) is 4.90 Å². The molecule has 1 saturated carbocycles. The Morgan fingerprint density at radius 1 is 1.17 bits per heavy atom. The van der Waals surface area contributed by atoms with Crippen molar-refractivity contribution < 1.29 is 13.9 Å². The van der Waals surface area contributed by atoms with Crippen molar-refractivity contribution in [3.8, 4) is 0 Å². The molecule has 0 aromatic heterocycles. The number of hydrogen-bond donors (Lipinski definition) is 0. The second-order valence-corrected chi connectivity index (χ2v) is 7.40. The number of carbonyl (C=O) groups is 1. The Kier molecular flexibility index (Phi) is 4.44. The molecule has 1 saturated heterocycles. The number of carbonyl (C=O) groups excluding carboxylic acids is 1. The third kappa shape index (κ3) is 3.14. The van der Waals surface area contributed by atoms with Gasteiger partial charge in [0.15, 0.2) is 0 Å². The molecule has 3 aliphatic rings. The van der Waals surface area contributed by atoms with E-state index in [0.717, 1.165) is 37.5 Å². The molecule has 5 heteroatoms. The second-order valence-electron chi connectivity index (χ2n) is 7.40. The molecule has 0 unspecified atom stereocenters. The molecule has 2 aliphatic heterocycles. The van der Waals surface area contributed by atoms with Gasteiger partial charge in [-0.2, -0.15) is 0 Å². The highest BCUT2D eigenvalue weighted by Crippen LogP contribution is 2.33. The minimum absolute atomic E-state index is 0.0206. The highest BCUT2D eigenvalue weighted by Gasteiger charge is 2.37. The first-order chi connectivity index (χ1) is 11.7. The van der Waals surface area contributed by atoms with Crippen LogP contribution in [0, 0.1) is 11.7 Å². The number of rotatable bonds is 2. The summed E-state index contributed by atoms with van der Waals surface area (Å²) in [5.41, 5.74) is 1.71. The van der Waals surface area contributed by atoms with Crippen molar-refractivity contribution in [3.05, 3.63) is 29.6 Å². The molecule has 4 nitrogen and oxygen atoms in total. The van der Waals surface area contributed by atoms with Crippen LogP contribution < -0.4 is 4.90 Å². The Morgan fingerprint density at radius 2 is 2.00 bits per heavy atom. The van der Waals surface area contributed by atoms with Crippen LogP contribution in [0.5, 0.6) is 0 Å². The molecule has 2 heterocycles. The fraction of sp³-hybridized carbons (Fsp3) is 0.632. The lowest BCUT2D eigenvalue weighted by Crippen LogP contribution is -2.41.